The van der Waals surface area contributed by atoms with E-state index in [4.69, 9.17) is 16.9 Å². The lowest BCUT2D eigenvalue weighted by Crippen LogP contribution is -2.37. The van der Waals surface area contributed by atoms with Gasteiger partial charge in [0.15, 0.2) is 0 Å². The Hall–Kier alpha value is -0.0582. The highest BCUT2D eigenvalue weighted by molar-refractivity contribution is 7.15. The summed E-state index contributed by atoms with van der Waals surface area (Å²) in [7, 11) is 3.45. The zero-order valence-electron chi connectivity index (χ0n) is 7.68. The van der Waals surface area contributed by atoms with E-state index in [1.54, 1.807) is 5.70 Å². The average molecular weight is 170 g/mol. The summed E-state index contributed by atoms with van der Waals surface area (Å²) in [5, 5.41) is 0. The van der Waals surface area contributed by atoms with Crippen LogP contribution in [-0.2, 0) is 9.46 Å². The van der Waals surface area contributed by atoms with Crippen LogP contribution in [0.1, 0.15) is 20.8 Å². The van der Waals surface area contributed by atoms with Crippen LogP contribution in [0.25, 0.3) is 0 Å². The van der Waals surface area contributed by atoms with Gasteiger partial charge >= 0.3 is 0 Å². The van der Waals surface area contributed by atoms with E-state index in [0.717, 1.165) is 0 Å². The normalized spacial score (nSPS) is 17.5. The van der Waals surface area contributed by atoms with Crippen LogP contribution in [0, 0.1) is 0 Å². The summed E-state index contributed by atoms with van der Waals surface area (Å²) in [6, 6.07) is 0. The summed E-state index contributed by atoms with van der Waals surface area (Å²) in [5.74, 6) is 0. The Labute approximate surface area is 71.0 Å². The molecule has 2 nitrogen and oxygen atoms in total. The van der Waals surface area contributed by atoms with Gasteiger partial charge in [-0.2, -0.15) is 0 Å². The van der Waals surface area contributed by atoms with E-state index in [2.05, 4.69) is 6.58 Å². The van der Waals surface area contributed by atoms with Crippen LogP contribution in [0.4, 0.5) is 0 Å². The zero-order chi connectivity index (χ0) is 9.12. The molecule has 4 heteroatoms. The molecule has 0 aliphatic heterocycles. The maximum Gasteiger partial charge on any atom is 0.207 e. The molecule has 0 aromatic carbocycles. The number of hydrogen-bond donors (Lipinski definition) is 0. The molecule has 0 saturated heterocycles. The second kappa shape index (κ2) is 3.56. The molecule has 1 unspecified atom stereocenters. The fraction of sp³-hybridized carbons (Fsp3) is 0.714. The molecule has 0 amide bonds. The monoisotopic (exact) mass is 170 g/mol. The van der Waals surface area contributed by atoms with Crippen LogP contribution >= 0.6 is 0 Å². The lowest BCUT2D eigenvalue weighted by atomic mass is 10.2. The minimum Gasteiger partial charge on any atom is -0.291 e. The van der Waals surface area contributed by atoms with E-state index >= 15 is 0 Å². The van der Waals surface area contributed by atoms with Crippen molar-refractivity contribution in [2.45, 2.75) is 32.9 Å². The van der Waals surface area contributed by atoms with Gasteiger partial charge in [0.2, 0.25) is 8.19 Å². The minimum absolute atomic E-state index is 0.309. The molecule has 0 spiro atoms. The average Bonchev–Trinajstić information content (AvgIpc) is 1.83. The Morgan fingerprint density at radius 2 is 1.91 bits per heavy atom. The molecule has 0 aliphatic carbocycles. The molecule has 0 N–H and O–H groups in total. The van der Waals surface area contributed by atoms with Crippen LogP contribution in [0.2, 0.25) is 6.55 Å². The predicted molar refractivity (Wildman–Crippen MR) is 49.5 cm³/mol. The number of rotatable bonds is 3. The maximum atomic E-state index is 5.70. The molecule has 0 heterocycles. The first-order valence-electron chi connectivity index (χ1n) is 3.56. The van der Waals surface area contributed by atoms with Gasteiger partial charge in [-0.15, -0.1) is 6.58 Å². The van der Waals surface area contributed by atoms with Crippen molar-refractivity contribution >= 4 is 15.6 Å². The fourth-order valence-corrected chi connectivity index (χ4v) is 0.746. The van der Waals surface area contributed by atoms with Crippen LogP contribution in [0.3, 0.4) is 0 Å². The molecular weight excluding hydrogens is 155 g/mol. The van der Waals surface area contributed by atoms with Crippen molar-refractivity contribution in [1.82, 2.24) is 0 Å². The third kappa shape index (κ3) is 6.34. The summed E-state index contributed by atoms with van der Waals surface area (Å²) >= 11 is 0. The van der Waals surface area contributed by atoms with Gasteiger partial charge in [0.05, 0.1) is 5.60 Å². The minimum atomic E-state index is -2.25. The Balaban J connectivity index is 3.79. The fourth-order valence-electron chi connectivity index (χ4n) is 0.249. The highest BCUT2D eigenvalue weighted by Crippen LogP contribution is 2.11. The highest BCUT2D eigenvalue weighted by Gasteiger charge is 2.22. The van der Waals surface area contributed by atoms with Gasteiger partial charge < -0.3 is 0 Å². The van der Waals surface area contributed by atoms with E-state index in [9.17, 15) is 0 Å². The topological polar surface area (TPSA) is 18.5 Å². The standard InChI is InChI=1S/C7H15BO2Si/c1-6-11(5,8)10-9-7(2,3)4/h6H,1H2,2-5H3. The van der Waals surface area contributed by atoms with E-state index in [1.165, 1.54) is 0 Å². The molecular formula is C7H15BO2Si. The van der Waals surface area contributed by atoms with Gasteiger partial charge in [-0.25, -0.2) is 4.89 Å². The second-order valence-electron chi connectivity index (χ2n) is 3.67. The Kier molecular flexibility index (Phi) is 3.54. The summed E-state index contributed by atoms with van der Waals surface area (Å²) in [4.78, 5) is 5.05. The maximum absolute atomic E-state index is 5.70. The Morgan fingerprint density at radius 3 is 2.18 bits per heavy atom. The van der Waals surface area contributed by atoms with Crippen LogP contribution < -0.4 is 0 Å². The van der Waals surface area contributed by atoms with Crippen molar-refractivity contribution in [1.29, 1.82) is 0 Å². The second-order valence-corrected chi connectivity index (χ2v) is 6.61. The van der Waals surface area contributed by atoms with E-state index in [-0.39, 0.29) is 5.60 Å². The molecule has 0 aromatic rings. The van der Waals surface area contributed by atoms with E-state index < -0.39 is 8.19 Å². The third-order valence-electron chi connectivity index (χ3n) is 0.877. The van der Waals surface area contributed by atoms with Crippen LogP contribution in [-0.4, -0.2) is 21.2 Å². The molecule has 0 saturated carbocycles. The van der Waals surface area contributed by atoms with Crippen molar-refractivity contribution in [3.8, 4) is 0 Å². The molecule has 0 rings (SSSR count). The zero-order valence-corrected chi connectivity index (χ0v) is 8.68. The first kappa shape index (κ1) is 10.9. The lowest BCUT2D eigenvalue weighted by Gasteiger charge is -2.25. The first-order valence-corrected chi connectivity index (χ1v) is 6.12. The highest BCUT2D eigenvalue weighted by atomic mass is 28.3. The summed E-state index contributed by atoms with van der Waals surface area (Å²) in [6.45, 7) is 11.1. The van der Waals surface area contributed by atoms with Gasteiger partial charge in [0.1, 0.15) is 7.44 Å². The quantitative estimate of drug-likeness (QED) is 0.364. The number of hydrogen-bond acceptors (Lipinski definition) is 2. The Morgan fingerprint density at radius 1 is 1.45 bits per heavy atom. The van der Waals surface area contributed by atoms with Gasteiger partial charge in [-0.05, 0) is 27.3 Å². The van der Waals surface area contributed by atoms with E-state index in [0.29, 0.717) is 0 Å². The molecule has 1 atom stereocenters. The summed E-state index contributed by atoms with van der Waals surface area (Å²) < 4.78 is 5.04. The van der Waals surface area contributed by atoms with Gasteiger partial charge in [-0.1, -0.05) is 5.70 Å². The summed E-state index contributed by atoms with van der Waals surface area (Å²) in [6.07, 6.45) is 0. The van der Waals surface area contributed by atoms with Gasteiger partial charge in [0.25, 0.3) is 0 Å². The van der Waals surface area contributed by atoms with Crippen molar-refractivity contribution in [2.75, 3.05) is 0 Å². The summed E-state index contributed by atoms with van der Waals surface area (Å²) in [5.41, 5.74) is 1.31. The SMILES string of the molecule is [B][Si](C)(C=C)OOC(C)(C)C. The lowest BCUT2D eigenvalue weighted by molar-refractivity contribution is -0.281. The molecule has 11 heavy (non-hydrogen) atoms. The Bertz CT molecular complexity index is 140. The smallest absolute Gasteiger partial charge is 0.207 e. The van der Waals surface area contributed by atoms with Crippen molar-refractivity contribution in [3.05, 3.63) is 12.3 Å². The first-order chi connectivity index (χ1) is 4.77. The largest absolute Gasteiger partial charge is 0.291 e. The predicted octanol–water partition coefficient (Wildman–Crippen LogP) is 1.70. The molecule has 0 aromatic heterocycles. The third-order valence-corrected chi connectivity index (χ3v) is 2.13. The molecule has 62 valence electrons. The van der Waals surface area contributed by atoms with Crippen LogP contribution in [0.5, 0.6) is 0 Å². The molecule has 0 aliphatic rings. The molecule has 2 radical (unpaired) electrons. The van der Waals surface area contributed by atoms with Gasteiger partial charge in [-0.3, -0.25) is 4.58 Å². The molecule has 0 fully saturated rings. The van der Waals surface area contributed by atoms with Gasteiger partial charge in [0, 0.05) is 0 Å². The van der Waals surface area contributed by atoms with Crippen molar-refractivity contribution in [2.24, 2.45) is 0 Å². The van der Waals surface area contributed by atoms with Crippen LogP contribution in [0.15, 0.2) is 12.3 Å². The van der Waals surface area contributed by atoms with Crippen molar-refractivity contribution < 1.29 is 9.46 Å². The van der Waals surface area contributed by atoms with E-state index in [1.807, 2.05) is 27.3 Å². The molecule has 0 bridgehead atoms. The van der Waals surface area contributed by atoms with Crippen molar-refractivity contribution in [3.63, 3.8) is 0 Å².